The summed E-state index contributed by atoms with van der Waals surface area (Å²) in [5.74, 6) is -1.96. The lowest BCUT2D eigenvalue weighted by molar-refractivity contribution is -0.870. The number of quaternary nitrogens is 1. The van der Waals surface area contributed by atoms with Crippen LogP contribution in [0.4, 0.5) is 0 Å². The maximum Gasteiger partial charge on any atom is 0.361 e. The van der Waals surface area contributed by atoms with E-state index in [2.05, 4.69) is 26.0 Å². The summed E-state index contributed by atoms with van der Waals surface area (Å²) in [5, 5.41) is 9.77. The van der Waals surface area contributed by atoms with Crippen molar-refractivity contribution in [2.24, 2.45) is 0 Å². The van der Waals surface area contributed by atoms with Crippen LogP contribution in [0.2, 0.25) is 0 Å². The van der Waals surface area contributed by atoms with Crippen molar-refractivity contribution in [2.45, 2.75) is 444 Å². The van der Waals surface area contributed by atoms with Gasteiger partial charge in [0.25, 0.3) is 6.29 Å². The van der Waals surface area contributed by atoms with E-state index in [9.17, 15) is 19.5 Å². The Bertz CT molecular complexity index is 1480. The number of esters is 2. The Balaban J connectivity index is 3.95. The van der Waals surface area contributed by atoms with E-state index >= 15 is 0 Å². The first kappa shape index (κ1) is 88.0. The number of aliphatic carboxylic acids is 1. The Labute approximate surface area is 561 Å². The van der Waals surface area contributed by atoms with Crippen LogP contribution < -0.4 is 0 Å². The highest BCUT2D eigenvalue weighted by Gasteiger charge is 2.25. The zero-order valence-corrected chi connectivity index (χ0v) is 61.4. The molecule has 9 nitrogen and oxygen atoms in total. The third kappa shape index (κ3) is 73.4. The summed E-state index contributed by atoms with van der Waals surface area (Å²) < 4.78 is 23.1. The number of carboxylic acids is 1. The number of carboxylic acid groups (broad SMARTS) is 1. The molecule has 0 fully saturated rings. The zero-order valence-electron chi connectivity index (χ0n) is 61.4. The van der Waals surface area contributed by atoms with Crippen LogP contribution >= 0.6 is 0 Å². The van der Waals surface area contributed by atoms with E-state index in [0.717, 1.165) is 38.5 Å². The Morgan fingerprint density at radius 1 is 0.322 bits per heavy atom. The molecule has 0 aromatic heterocycles. The first-order chi connectivity index (χ1) is 44.1. The normalized spacial score (nSPS) is 12.6. The van der Waals surface area contributed by atoms with Gasteiger partial charge >= 0.3 is 17.9 Å². The van der Waals surface area contributed by atoms with Gasteiger partial charge in [-0.2, -0.15) is 0 Å². The molecule has 0 aliphatic carbocycles. The minimum Gasteiger partial charge on any atom is -0.477 e. The zero-order chi connectivity index (χ0) is 65.4. The molecule has 1 N–H and O–H groups in total. The van der Waals surface area contributed by atoms with Crippen LogP contribution in [0, 0.1) is 0 Å². The lowest BCUT2D eigenvalue weighted by Crippen LogP contribution is -2.40. The van der Waals surface area contributed by atoms with Crippen LogP contribution in [0.15, 0.2) is 12.2 Å². The van der Waals surface area contributed by atoms with Gasteiger partial charge in [0, 0.05) is 12.8 Å². The summed E-state index contributed by atoms with van der Waals surface area (Å²) in [4.78, 5) is 37.7. The second-order valence-electron chi connectivity index (χ2n) is 29.1. The van der Waals surface area contributed by atoms with Gasteiger partial charge in [0.1, 0.15) is 13.2 Å². The highest BCUT2D eigenvalue weighted by Crippen LogP contribution is 2.20. The smallest absolute Gasteiger partial charge is 0.361 e. The monoisotopic (exact) mass is 1270 g/mol. The lowest BCUT2D eigenvalue weighted by atomic mass is 10.0. The predicted octanol–water partition coefficient (Wildman–Crippen LogP) is 25.5. The van der Waals surface area contributed by atoms with Crippen LogP contribution in [-0.4, -0.2) is 87.4 Å². The number of carbonyl (C=O) groups excluding carboxylic acids is 2. The van der Waals surface area contributed by atoms with E-state index in [1.54, 1.807) is 0 Å². The van der Waals surface area contributed by atoms with Gasteiger partial charge < -0.3 is 28.5 Å². The summed E-state index contributed by atoms with van der Waals surface area (Å²) in [6.07, 6.45) is 88.1. The molecule has 9 heteroatoms. The SMILES string of the molecule is CCCCCCCCCC/C=C\CCCCCCCCCCCCCCCCCCCCCCCCCC(=O)OC(COC(=O)CCCCCCCCCCCCCCCCCCCCCCCCCCCCCCCC)COC(OCC[N+](C)(C)C)C(=O)O. The largest absolute Gasteiger partial charge is 0.477 e. The van der Waals surface area contributed by atoms with E-state index in [4.69, 9.17) is 18.9 Å². The summed E-state index contributed by atoms with van der Waals surface area (Å²) in [6, 6.07) is 0. The highest BCUT2D eigenvalue weighted by atomic mass is 16.7. The van der Waals surface area contributed by atoms with Gasteiger partial charge in [-0.3, -0.25) is 9.59 Å². The number of rotatable bonds is 77. The van der Waals surface area contributed by atoms with E-state index in [0.29, 0.717) is 17.4 Å². The van der Waals surface area contributed by atoms with Crippen molar-refractivity contribution >= 4 is 17.9 Å². The summed E-state index contributed by atoms with van der Waals surface area (Å²) >= 11 is 0. The maximum atomic E-state index is 13.0. The molecule has 0 amide bonds. The van der Waals surface area contributed by atoms with Crippen molar-refractivity contribution in [3.05, 3.63) is 12.2 Å². The quantitative estimate of drug-likeness (QED) is 0.0211. The topological polar surface area (TPSA) is 108 Å². The summed E-state index contributed by atoms with van der Waals surface area (Å²) in [6.45, 7) is 4.98. The van der Waals surface area contributed by atoms with Crippen LogP contribution in [-0.2, 0) is 33.3 Å². The number of allylic oxidation sites excluding steroid dienone is 2. The molecule has 0 heterocycles. The molecule has 0 rings (SSSR count). The van der Waals surface area contributed by atoms with Crippen LogP contribution in [0.5, 0.6) is 0 Å². The molecule has 2 unspecified atom stereocenters. The third-order valence-corrected chi connectivity index (χ3v) is 18.8. The lowest BCUT2D eigenvalue weighted by Gasteiger charge is -2.25. The number of carbonyl (C=O) groups is 3. The van der Waals surface area contributed by atoms with Crippen LogP contribution in [0.25, 0.3) is 0 Å². The number of unbranched alkanes of at least 4 members (excludes halogenated alkanes) is 60. The Hall–Kier alpha value is -1.97. The first-order valence-electron chi connectivity index (χ1n) is 40.4. The van der Waals surface area contributed by atoms with Crippen molar-refractivity contribution in [3.8, 4) is 0 Å². The van der Waals surface area contributed by atoms with Crippen molar-refractivity contribution < 1.29 is 42.9 Å². The summed E-state index contributed by atoms with van der Waals surface area (Å²) in [7, 11) is 6.00. The fourth-order valence-electron chi connectivity index (χ4n) is 12.6. The molecule has 0 aliphatic heterocycles. The molecule has 0 saturated carbocycles. The number of likely N-dealkylation sites (N-methyl/N-ethyl adjacent to an activating group) is 1. The maximum absolute atomic E-state index is 13.0. The van der Waals surface area contributed by atoms with Gasteiger partial charge in [-0.15, -0.1) is 0 Å². The molecular formula is C81H158NO8+. The van der Waals surface area contributed by atoms with Gasteiger partial charge in [0.15, 0.2) is 6.10 Å². The van der Waals surface area contributed by atoms with Crippen LogP contribution in [0.3, 0.4) is 0 Å². The fraction of sp³-hybridized carbons (Fsp3) is 0.938. The number of ether oxygens (including phenoxy) is 4. The molecular weight excluding hydrogens is 1110 g/mol. The van der Waals surface area contributed by atoms with Gasteiger partial charge in [0.2, 0.25) is 0 Å². The van der Waals surface area contributed by atoms with Gasteiger partial charge in [-0.1, -0.05) is 392 Å². The average molecular weight is 1270 g/mol. The average Bonchev–Trinajstić information content (AvgIpc) is 3.73. The molecule has 0 saturated heterocycles. The molecule has 0 aliphatic rings. The predicted molar refractivity (Wildman–Crippen MR) is 388 cm³/mol. The third-order valence-electron chi connectivity index (χ3n) is 18.8. The number of hydrogen-bond acceptors (Lipinski definition) is 7. The van der Waals surface area contributed by atoms with Gasteiger partial charge in [-0.25, -0.2) is 4.79 Å². The molecule has 0 aromatic carbocycles. The van der Waals surface area contributed by atoms with Crippen LogP contribution in [0.1, 0.15) is 431 Å². The second-order valence-corrected chi connectivity index (χ2v) is 29.1. The number of nitrogens with zero attached hydrogens (tertiary/aromatic N) is 1. The van der Waals surface area contributed by atoms with E-state index in [1.165, 1.54) is 366 Å². The molecule has 90 heavy (non-hydrogen) atoms. The summed E-state index contributed by atoms with van der Waals surface area (Å²) in [5.41, 5.74) is 0. The number of hydrogen-bond donors (Lipinski definition) is 1. The van der Waals surface area contributed by atoms with Crippen molar-refractivity contribution in [1.29, 1.82) is 0 Å². The highest BCUT2D eigenvalue weighted by molar-refractivity contribution is 5.71. The fourth-order valence-corrected chi connectivity index (χ4v) is 12.6. The van der Waals surface area contributed by atoms with E-state index < -0.39 is 18.4 Å². The van der Waals surface area contributed by atoms with Crippen molar-refractivity contribution in [1.82, 2.24) is 0 Å². The minimum atomic E-state index is -1.51. The molecule has 0 bridgehead atoms. The molecule has 2 atom stereocenters. The Morgan fingerprint density at radius 3 is 0.822 bits per heavy atom. The van der Waals surface area contributed by atoms with Gasteiger partial charge in [-0.05, 0) is 38.5 Å². The Kier molecular flexibility index (Phi) is 71.3. The van der Waals surface area contributed by atoms with Crippen molar-refractivity contribution in [3.63, 3.8) is 0 Å². The van der Waals surface area contributed by atoms with E-state index in [1.807, 2.05) is 21.1 Å². The minimum absolute atomic E-state index is 0.173. The van der Waals surface area contributed by atoms with E-state index in [-0.39, 0.29) is 38.2 Å². The molecule has 0 spiro atoms. The second kappa shape index (κ2) is 72.9. The molecule has 0 radical (unpaired) electrons. The molecule has 0 aromatic rings. The van der Waals surface area contributed by atoms with Crippen molar-refractivity contribution in [2.75, 3.05) is 47.5 Å². The van der Waals surface area contributed by atoms with Gasteiger partial charge in [0.05, 0.1) is 34.4 Å². The molecule has 534 valence electrons. The first-order valence-corrected chi connectivity index (χ1v) is 40.4. The standard InChI is InChI=1S/C81H157NO8/c1-6-8-10-12-14-16-18-20-22-24-26-28-30-32-34-36-38-39-40-41-42-44-46-48-50-52-54-56-58-60-62-64-66-68-70-72-79(84)90-77(76-89-81(80(85)86)87-74-73-82(3,4)5)75-88-78(83)71-69-67-65-63-61-59-57-55-53-51-49-47-45-43-37-35-33-31-29-27-25-23-21-19-17-15-13-11-9-7-2/h24,26,77,81H,6-23,25,27-76H2,1-5H3/p+1/b26-24-. The Morgan fingerprint density at radius 2 is 0.567 bits per heavy atom.